The summed E-state index contributed by atoms with van der Waals surface area (Å²) < 4.78 is 1.08. The molecule has 0 aliphatic carbocycles. The van der Waals surface area contributed by atoms with Gasteiger partial charge in [-0.25, -0.2) is 15.8 Å². The predicted octanol–water partition coefficient (Wildman–Crippen LogP) is 4.01. The van der Waals surface area contributed by atoms with Crippen LogP contribution in [-0.4, -0.2) is 9.97 Å². The normalized spacial score (nSPS) is 10.8. The van der Waals surface area contributed by atoms with Gasteiger partial charge >= 0.3 is 0 Å². The fourth-order valence-electron chi connectivity index (χ4n) is 1.91. The van der Waals surface area contributed by atoms with Gasteiger partial charge in [0.05, 0.1) is 0 Å². The molecule has 21 heavy (non-hydrogen) atoms. The largest absolute Gasteiger partial charge is 0.340 e. The minimum atomic E-state index is 0.227. The van der Waals surface area contributed by atoms with E-state index < -0.39 is 0 Å². The van der Waals surface area contributed by atoms with E-state index in [0.29, 0.717) is 5.82 Å². The molecule has 0 aliphatic rings. The number of rotatable bonds is 4. The first-order valence-electron chi connectivity index (χ1n) is 6.80. The first kappa shape index (κ1) is 15.7. The fraction of sp³-hybridized carbons (Fsp3) is 0.333. The lowest BCUT2D eigenvalue weighted by atomic mass is 10.2. The van der Waals surface area contributed by atoms with Crippen LogP contribution in [0.4, 0.5) is 17.3 Å². The third-order valence-electron chi connectivity index (χ3n) is 3.24. The third-order valence-corrected chi connectivity index (χ3v) is 4.13. The standard InChI is InChI=1S/C15H20BrN5/c1-8(2)13-19-14(10(4)15(20-13)21-17)18-11-5-6-12(16)9(3)7-11/h5-8H,17H2,1-4H3,(H2,18,19,20,21). The molecule has 0 saturated carbocycles. The van der Waals surface area contributed by atoms with Gasteiger partial charge in [-0.15, -0.1) is 0 Å². The van der Waals surface area contributed by atoms with Crippen molar-refractivity contribution in [2.45, 2.75) is 33.6 Å². The van der Waals surface area contributed by atoms with Crippen molar-refractivity contribution >= 4 is 33.3 Å². The van der Waals surface area contributed by atoms with Crippen molar-refractivity contribution in [2.24, 2.45) is 5.84 Å². The minimum Gasteiger partial charge on any atom is -0.340 e. The second-order valence-corrected chi connectivity index (χ2v) is 6.15. The number of hydrazine groups is 1. The van der Waals surface area contributed by atoms with E-state index in [1.165, 1.54) is 0 Å². The van der Waals surface area contributed by atoms with E-state index >= 15 is 0 Å². The molecular formula is C15H20BrN5. The van der Waals surface area contributed by atoms with Gasteiger partial charge in [0, 0.05) is 21.6 Å². The van der Waals surface area contributed by atoms with Crippen LogP contribution in [0, 0.1) is 13.8 Å². The number of nitrogens with zero attached hydrogens (tertiary/aromatic N) is 2. The molecule has 4 N–H and O–H groups in total. The van der Waals surface area contributed by atoms with Crippen LogP contribution in [0.1, 0.15) is 36.7 Å². The molecule has 1 heterocycles. The van der Waals surface area contributed by atoms with Crippen LogP contribution < -0.4 is 16.6 Å². The van der Waals surface area contributed by atoms with Gasteiger partial charge in [-0.2, -0.15) is 0 Å². The van der Waals surface area contributed by atoms with E-state index in [2.05, 4.69) is 63.5 Å². The van der Waals surface area contributed by atoms with E-state index in [-0.39, 0.29) is 5.92 Å². The Hall–Kier alpha value is -1.66. The van der Waals surface area contributed by atoms with Crippen molar-refractivity contribution in [2.75, 3.05) is 10.7 Å². The lowest BCUT2D eigenvalue weighted by Crippen LogP contribution is -2.14. The molecule has 2 aromatic rings. The Balaban J connectivity index is 2.42. The highest BCUT2D eigenvalue weighted by Gasteiger charge is 2.13. The molecule has 0 aliphatic heterocycles. The Morgan fingerprint density at radius 1 is 1.14 bits per heavy atom. The smallest absolute Gasteiger partial charge is 0.148 e. The van der Waals surface area contributed by atoms with Crippen molar-refractivity contribution in [3.63, 3.8) is 0 Å². The average molecular weight is 350 g/mol. The van der Waals surface area contributed by atoms with Gasteiger partial charge in [0.1, 0.15) is 17.5 Å². The van der Waals surface area contributed by atoms with E-state index in [0.717, 1.165) is 32.9 Å². The lowest BCUT2D eigenvalue weighted by molar-refractivity contribution is 0.774. The number of hydrogen-bond acceptors (Lipinski definition) is 5. The summed E-state index contributed by atoms with van der Waals surface area (Å²) in [5, 5.41) is 3.34. The fourth-order valence-corrected chi connectivity index (χ4v) is 2.16. The topological polar surface area (TPSA) is 75.9 Å². The van der Waals surface area contributed by atoms with Crippen LogP contribution in [0.2, 0.25) is 0 Å². The van der Waals surface area contributed by atoms with Gasteiger partial charge in [0.15, 0.2) is 0 Å². The summed E-state index contributed by atoms with van der Waals surface area (Å²) in [7, 11) is 0. The summed E-state index contributed by atoms with van der Waals surface area (Å²) >= 11 is 3.50. The van der Waals surface area contributed by atoms with Crippen LogP contribution in [0.5, 0.6) is 0 Å². The van der Waals surface area contributed by atoms with Crippen LogP contribution in [0.15, 0.2) is 22.7 Å². The summed E-state index contributed by atoms with van der Waals surface area (Å²) in [6.07, 6.45) is 0. The number of nitrogens with one attached hydrogen (secondary N) is 2. The quantitative estimate of drug-likeness (QED) is 0.574. The maximum Gasteiger partial charge on any atom is 0.148 e. The number of aryl methyl sites for hydroxylation is 1. The Bertz CT molecular complexity index is 655. The van der Waals surface area contributed by atoms with Crippen molar-refractivity contribution in [1.82, 2.24) is 9.97 Å². The first-order valence-corrected chi connectivity index (χ1v) is 7.60. The van der Waals surface area contributed by atoms with E-state index in [1.54, 1.807) is 0 Å². The molecule has 0 fully saturated rings. The number of aromatic nitrogens is 2. The van der Waals surface area contributed by atoms with Crippen LogP contribution in [0.3, 0.4) is 0 Å². The van der Waals surface area contributed by atoms with Crippen molar-refractivity contribution in [1.29, 1.82) is 0 Å². The molecular weight excluding hydrogens is 330 g/mol. The van der Waals surface area contributed by atoms with Crippen molar-refractivity contribution < 1.29 is 0 Å². The zero-order valence-corrected chi connectivity index (χ0v) is 14.2. The molecule has 0 unspecified atom stereocenters. The zero-order valence-electron chi connectivity index (χ0n) is 12.7. The molecule has 0 amide bonds. The Labute approximate surface area is 133 Å². The Morgan fingerprint density at radius 3 is 2.38 bits per heavy atom. The van der Waals surface area contributed by atoms with Gasteiger partial charge in [-0.05, 0) is 37.6 Å². The third kappa shape index (κ3) is 3.51. The maximum atomic E-state index is 5.55. The SMILES string of the molecule is Cc1cc(Nc2nc(C(C)C)nc(NN)c2C)ccc1Br. The molecule has 0 atom stereocenters. The summed E-state index contributed by atoms with van der Waals surface area (Å²) in [4.78, 5) is 9.03. The maximum absolute atomic E-state index is 5.55. The molecule has 0 radical (unpaired) electrons. The van der Waals surface area contributed by atoms with Gasteiger partial charge in [-0.3, -0.25) is 0 Å². The molecule has 112 valence electrons. The molecule has 0 spiro atoms. The predicted molar refractivity (Wildman–Crippen MR) is 90.8 cm³/mol. The van der Waals surface area contributed by atoms with Gasteiger partial charge in [-0.1, -0.05) is 29.8 Å². The number of nitrogens with two attached hydrogens (primary N) is 1. The van der Waals surface area contributed by atoms with Crippen LogP contribution >= 0.6 is 15.9 Å². The number of anilines is 3. The van der Waals surface area contributed by atoms with Gasteiger partial charge in [0.25, 0.3) is 0 Å². The molecule has 6 heteroatoms. The van der Waals surface area contributed by atoms with Crippen LogP contribution in [-0.2, 0) is 0 Å². The lowest BCUT2D eigenvalue weighted by Gasteiger charge is -2.15. The molecule has 1 aromatic carbocycles. The summed E-state index contributed by atoms with van der Waals surface area (Å²) in [6, 6.07) is 6.08. The monoisotopic (exact) mass is 349 g/mol. The zero-order chi connectivity index (χ0) is 15.6. The number of halogens is 1. The highest BCUT2D eigenvalue weighted by atomic mass is 79.9. The van der Waals surface area contributed by atoms with Gasteiger partial charge in [0.2, 0.25) is 0 Å². The summed E-state index contributed by atoms with van der Waals surface area (Å²) in [6.45, 7) is 8.10. The molecule has 2 rings (SSSR count). The summed E-state index contributed by atoms with van der Waals surface area (Å²) in [5.74, 6) is 7.94. The second kappa shape index (κ2) is 6.41. The number of benzene rings is 1. The highest BCUT2D eigenvalue weighted by molar-refractivity contribution is 9.10. The van der Waals surface area contributed by atoms with E-state index in [9.17, 15) is 0 Å². The average Bonchev–Trinajstić information content (AvgIpc) is 2.44. The second-order valence-electron chi connectivity index (χ2n) is 5.29. The first-order chi connectivity index (χ1) is 9.92. The summed E-state index contributed by atoms with van der Waals surface area (Å²) in [5.41, 5.74) is 5.67. The Morgan fingerprint density at radius 2 is 1.81 bits per heavy atom. The Kier molecular flexibility index (Phi) is 4.80. The number of nitrogen functional groups attached to an aromatic ring is 1. The van der Waals surface area contributed by atoms with Crippen LogP contribution in [0.25, 0.3) is 0 Å². The molecule has 1 aromatic heterocycles. The molecule has 0 bridgehead atoms. The van der Waals surface area contributed by atoms with E-state index in [1.807, 2.05) is 19.1 Å². The van der Waals surface area contributed by atoms with Crippen molar-refractivity contribution in [3.8, 4) is 0 Å². The highest BCUT2D eigenvalue weighted by Crippen LogP contribution is 2.27. The van der Waals surface area contributed by atoms with Gasteiger partial charge < -0.3 is 10.7 Å². The minimum absolute atomic E-state index is 0.227. The molecule has 0 saturated heterocycles. The van der Waals surface area contributed by atoms with Crippen molar-refractivity contribution in [3.05, 3.63) is 39.6 Å². The molecule has 5 nitrogen and oxygen atoms in total. The van der Waals surface area contributed by atoms with E-state index in [4.69, 9.17) is 5.84 Å². The number of hydrogen-bond donors (Lipinski definition) is 3.